The van der Waals surface area contributed by atoms with Crippen molar-refractivity contribution in [3.05, 3.63) is 0 Å². The van der Waals surface area contributed by atoms with E-state index in [9.17, 15) is 18.0 Å². The number of piperidine rings is 1. The maximum atomic E-state index is 11.9. The highest BCUT2D eigenvalue weighted by atomic mass is 19.4. The van der Waals surface area contributed by atoms with Crippen LogP contribution in [0.1, 0.15) is 33.6 Å². The second-order valence-corrected chi connectivity index (χ2v) is 6.08. The van der Waals surface area contributed by atoms with Gasteiger partial charge >= 0.3 is 12.5 Å². The number of halogens is 3. The number of nitrogens with one attached hydrogen (secondary N) is 1. The molecule has 1 saturated heterocycles. The molecule has 21 heavy (non-hydrogen) atoms. The molecule has 0 saturated carbocycles. The summed E-state index contributed by atoms with van der Waals surface area (Å²) in [6.07, 6.45) is -3.49. The predicted molar refractivity (Wildman–Crippen MR) is 70.8 cm³/mol. The van der Waals surface area contributed by atoms with E-state index in [0.717, 1.165) is 12.8 Å². The van der Waals surface area contributed by atoms with E-state index in [4.69, 9.17) is 4.74 Å². The van der Waals surface area contributed by atoms with Crippen LogP contribution in [0.25, 0.3) is 0 Å². The molecule has 5 nitrogen and oxygen atoms in total. The summed E-state index contributed by atoms with van der Waals surface area (Å²) in [6.45, 7) is 6.31. The second-order valence-electron chi connectivity index (χ2n) is 6.08. The van der Waals surface area contributed by atoms with E-state index >= 15 is 0 Å². The summed E-state index contributed by atoms with van der Waals surface area (Å²) < 4.78 is 44.6. The van der Waals surface area contributed by atoms with Crippen LogP contribution in [0.5, 0.6) is 0 Å². The normalized spacial score (nSPS) is 21.1. The number of hydrogen-bond donors (Lipinski definition) is 1. The Kier molecular flexibility index (Phi) is 6.27. The monoisotopic (exact) mass is 312 g/mol. The number of nitrogens with zero attached hydrogens (tertiary/aromatic N) is 1. The molecular formula is C13H23F3N2O3. The second kappa shape index (κ2) is 7.31. The van der Waals surface area contributed by atoms with E-state index in [1.54, 1.807) is 20.8 Å². The van der Waals surface area contributed by atoms with Crippen molar-refractivity contribution in [2.45, 2.75) is 51.6 Å². The molecule has 0 aliphatic carbocycles. The molecule has 8 heteroatoms. The van der Waals surface area contributed by atoms with Crippen LogP contribution < -0.4 is 5.32 Å². The largest absolute Gasteiger partial charge is 0.522 e. The Bertz CT molecular complexity index is 343. The Labute approximate surface area is 122 Å². The van der Waals surface area contributed by atoms with Gasteiger partial charge in [-0.25, -0.2) is 4.79 Å². The Balaban J connectivity index is 2.30. The third-order valence-corrected chi connectivity index (χ3v) is 2.90. The molecule has 1 aliphatic rings. The number of hydrogen-bond acceptors (Lipinski definition) is 4. The van der Waals surface area contributed by atoms with Gasteiger partial charge in [-0.2, -0.15) is 0 Å². The number of ether oxygens (including phenoxy) is 2. The predicted octanol–water partition coefficient (Wildman–Crippen LogP) is 2.51. The number of alkyl carbamates (subject to hydrolysis) is 1. The van der Waals surface area contributed by atoms with Gasteiger partial charge in [0.15, 0.2) is 0 Å². The summed E-state index contributed by atoms with van der Waals surface area (Å²) in [7, 11) is 0. The van der Waals surface area contributed by atoms with Gasteiger partial charge in [0.25, 0.3) is 0 Å². The molecule has 1 N–H and O–H groups in total. The molecule has 1 atom stereocenters. The smallest absolute Gasteiger partial charge is 0.444 e. The van der Waals surface area contributed by atoms with E-state index in [1.165, 1.54) is 0 Å². The van der Waals surface area contributed by atoms with Gasteiger partial charge < -0.3 is 10.1 Å². The SMILES string of the molecule is CC(C)(C)OC(=O)NC1CCCN(CCOC(F)(F)F)C1. The number of amides is 1. The van der Waals surface area contributed by atoms with Gasteiger partial charge in [-0.3, -0.25) is 9.64 Å². The molecular weight excluding hydrogens is 289 g/mol. The van der Waals surface area contributed by atoms with Gasteiger partial charge in [-0.15, -0.1) is 13.2 Å². The summed E-state index contributed by atoms with van der Waals surface area (Å²) in [6, 6.07) is -0.112. The summed E-state index contributed by atoms with van der Waals surface area (Å²) in [4.78, 5) is 13.5. The maximum Gasteiger partial charge on any atom is 0.522 e. The van der Waals surface area contributed by atoms with Gasteiger partial charge in [0.1, 0.15) is 5.60 Å². The first-order chi connectivity index (χ1) is 9.55. The molecule has 0 spiro atoms. The highest BCUT2D eigenvalue weighted by molar-refractivity contribution is 5.68. The number of alkyl halides is 3. The Morgan fingerprint density at radius 2 is 2.00 bits per heavy atom. The molecule has 124 valence electrons. The topological polar surface area (TPSA) is 50.8 Å². The van der Waals surface area contributed by atoms with Crippen LogP contribution in [0.4, 0.5) is 18.0 Å². The van der Waals surface area contributed by atoms with E-state index in [1.807, 2.05) is 4.90 Å². The lowest BCUT2D eigenvalue weighted by atomic mass is 10.1. The van der Waals surface area contributed by atoms with Crippen molar-refractivity contribution in [3.63, 3.8) is 0 Å². The fourth-order valence-electron chi connectivity index (χ4n) is 2.14. The molecule has 1 unspecified atom stereocenters. The molecule has 0 aromatic heterocycles. The first-order valence-corrected chi connectivity index (χ1v) is 6.98. The van der Waals surface area contributed by atoms with Gasteiger partial charge in [0.2, 0.25) is 0 Å². The Morgan fingerprint density at radius 3 is 2.57 bits per heavy atom. The Hall–Kier alpha value is -1.02. The lowest BCUT2D eigenvalue weighted by molar-refractivity contribution is -0.325. The lowest BCUT2D eigenvalue weighted by Gasteiger charge is -2.33. The lowest BCUT2D eigenvalue weighted by Crippen LogP contribution is -2.49. The van der Waals surface area contributed by atoms with Crippen molar-refractivity contribution in [2.75, 3.05) is 26.2 Å². The zero-order valence-electron chi connectivity index (χ0n) is 12.6. The average molecular weight is 312 g/mol. The summed E-state index contributed by atoms with van der Waals surface area (Å²) in [5.74, 6) is 0. The molecule has 1 fully saturated rings. The minimum Gasteiger partial charge on any atom is -0.444 e. The van der Waals surface area contributed by atoms with Gasteiger partial charge in [0.05, 0.1) is 6.61 Å². The molecule has 1 heterocycles. The maximum absolute atomic E-state index is 11.9. The third-order valence-electron chi connectivity index (χ3n) is 2.90. The fourth-order valence-corrected chi connectivity index (χ4v) is 2.14. The minimum atomic E-state index is -4.59. The van der Waals surface area contributed by atoms with Crippen LogP contribution in [0, 0.1) is 0 Å². The summed E-state index contributed by atoms with van der Waals surface area (Å²) in [5.41, 5.74) is -0.570. The molecule has 1 amide bonds. The number of likely N-dealkylation sites (tertiary alicyclic amines) is 1. The zero-order valence-corrected chi connectivity index (χ0v) is 12.6. The van der Waals surface area contributed by atoms with Crippen molar-refractivity contribution in [3.8, 4) is 0 Å². The van der Waals surface area contributed by atoms with Crippen LogP contribution in [-0.2, 0) is 9.47 Å². The number of rotatable bonds is 4. The fraction of sp³-hybridized carbons (Fsp3) is 0.923. The van der Waals surface area contributed by atoms with Gasteiger partial charge in [0, 0.05) is 19.1 Å². The van der Waals surface area contributed by atoms with Crippen molar-refractivity contribution in [1.29, 1.82) is 0 Å². The van der Waals surface area contributed by atoms with Crippen LogP contribution in [-0.4, -0.2) is 55.2 Å². The average Bonchev–Trinajstić information content (AvgIpc) is 2.24. The van der Waals surface area contributed by atoms with Gasteiger partial charge in [-0.1, -0.05) is 0 Å². The van der Waals surface area contributed by atoms with Crippen LogP contribution in [0.2, 0.25) is 0 Å². The van der Waals surface area contributed by atoms with Crippen molar-refractivity contribution >= 4 is 6.09 Å². The summed E-state index contributed by atoms with van der Waals surface area (Å²) in [5, 5.41) is 2.75. The molecule has 0 bridgehead atoms. The highest BCUT2D eigenvalue weighted by Crippen LogP contribution is 2.17. The van der Waals surface area contributed by atoms with Crippen molar-refractivity contribution < 1.29 is 27.4 Å². The third kappa shape index (κ3) is 8.77. The summed E-state index contributed by atoms with van der Waals surface area (Å²) >= 11 is 0. The zero-order chi connectivity index (χ0) is 16.1. The molecule has 0 aromatic carbocycles. The van der Waals surface area contributed by atoms with Crippen molar-refractivity contribution in [1.82, 2.24) is 10.2 Å². The van der Waals surface area contributed by atoms with Crippen LogP contribution >= 0.6 is 0 Å². The van der Waals surface area contributed by atoms with Crippen molar-refractivity contribution in [2.24, 2.45) is 0 Å². The first kappa shape index (κ1) is 18.0. The van der Waals surface area contributed by atoms with E-state index in [0.29, 0.717) is 13.1 Å². The van der Waals surface area contributed by atoms with Gasteiger partial charge in [-0.05, 0) is 40.2 Å². The first-order valence-electron chi connectivity index (χ1n) is 6.98. The molecule has 0 radical (unpaired) electrons. The quantitative estimate of drug-likeness (QED) is 0.866. The van der Waals surface area contributed by atoms with E-state index in [2.05, 4.69) is 10.1 Å². The number of carbonyl (C=O) groups is 1. The standard InChI is InChI=1S/C13H23F3N2O3/c1-12(2,3)21-11(19)17-10-5-4-6-18(9-10)7-8-20-13(14,15)16/h10H,4-9H2,1-3H3,(H,17,19). The minimum absolute atomic E-state index is 0.112. The highest BCUT2D eigenvalue weighted by Gasteiger charge is 2.30. The molecule has 0 aromatic rings. The molecule has 1 aliphatic heterocycles. The van der Waals surface area contributed by atoms with E-state index < -0.39 is 24.7 Å². The molecule has 1 rings (SSSR count). The number of carbonyl (C=O) groups excluding carboxylic acids is 1. The van der Waals surface area contributed by atoms with Crippen LogP contribution in [0.15, 0.2) is 0 Å². The Morgan fingerprint density at radius 1 is 1.33 bits per heavy atom. The van der Waals surface area contributed by atoms with Crippen LogP contribution in [0.3, 0.4) is 0 Å². The van der Waals surface area contributed by atoms with E-state index in [-0.39, 0.29) is 12.6 Å².